The zero-order chi connectivity index (χ0) is 36.6. The summed E-state index contributed by atoms with van der Waals surface area (Å²) in [5, 5.41) is 11.5. The number of rotatable bonds is 7. The van der Waals surface area contributed by atoms with E-state index in [2.05, 4.69) is 20.5 Å². The standard InChI is InChI=1S/C36H49N9O6S/c1-25-22-26(23-31-33(25)40(2)39-38-31)24-32(34(46)42-13-9-28(10-14-42)41-18-20-44(21-19-41)52(3,49)50)51-36(48)43-15-11-29(12-16-43)45-17-8-27-6-4-5-7-30(27)37-35(45)47/h4-7,22-23,28-29,32H,8-21,24H2,1-3H3,(H,37,47)/t32-/m1/s1. The zero-order valence-electron chi connectivity index (χ0n) is 30.2. The van der Waals surface area contributed by atoms with Gasteiger partial charge in [-0.15, -0.1) is 5.10 Å². The fraction of sp³-hybridized carbons (Fsp3) is 0.583. The number of hydrogen-bond acceptors (Lipinski definition) is 9. The van der Waals surface area contributed by atoms with Crippen molar-refractivity contribution in [3.8, 4) is 0 Å². The van der Waals surface area contributed by atoms with Gasteiger partial charge in [0.15, 0.2) is 6.10 Å². The van der Waals surface area contributed by atoms with E-state index in [1.54, 1.807) is 14.5 Å². The Kier molecular flexibility index (Phi) is 10.4. The molecule has 0 bridgehead atoms. The topological polar surface area (TPSA) is 154 Å². The number of fused-ring (bicyclic) bond motifs is 2. The quantitative estimate of drug-likeness (QED) is 0.386. The lowest BCUT2D eigenvalue weighted by Gasteiger charge is -2.42. The van der Waals surface area contributed by atoms with Gasteiger partial charge in [0, 0.05) is 90.1 Å². The number of para-hydroxylation sites is 1. The summed E-state index contributed by atoms with van der Waals surface area (Å²) in [5.74, 6) is -0.221. The number of urea groups is 1. The minimum atomic E-state index is -3.21. The molecule has 0 radical (unpaired) electrons. The number of ether oxygens (including phenoxy) is 1. The number of anilines is 1. The van der Waals surface area contributed by atoms with E-state index in [9.17, 15) is 22.8 Å². The number of hydrogen-bond donors (Lipinski definition) is 1. The highest BCUT2D eigenvalue weighted by Gasteiger charge is 2.37. The lowest BCUT2D eigenvalue weighted by Crippen LogP contribution is -2.55. The van der Waals surface area contributed by atoms with Crippen molar-refractivity contribution in [1.82, 2.24) is 38.9 Å². The molecule has 4 aliphatic rings. The van der Waals surface area contributed by atoms with Crippen molar-refractivity contribution in [1.29, 1.82) is 0 Å². The van der Waals surface area contributed by atoms with Gasteiger partial charge in [-0.05, 0) is 67.9 Å². The van der Waals surface area contributed by atoms with Gasteiger partial charge in [0.25, 0.3) is 5.91 Å². The Morgan fingerprint density at radius 1 is 0.923 bits per heavy atom. The molecule has 0 spiro atoms. The molecule has 52 heavy (non-hydrogen) atoms. The third-order valence-corrected chi connectivity index (χ3v) is 12.5. The molecule has 2 aromatic carbocycles. The number of nitrogens with zero attached hydrogens (tertiary/aromatic N) is 8. The predicted molar refractivity (Wildman–Crippen MR) is 195 cm³/mol. The Morgan fingerprint density at radius 3 is 2.31 bits per heavy atom. The molecule has 3 saturated heterocycles. The predicted octanol–water partition coefficient (Wildman–Crippen LogP) is 2.45. The summed E-state index contributed by atoms with van der Waals surface area (Å²) in [5.41, 5.74) is 5.39. The van der Waals surface area contributed by atoms with Gasteiger partial charge >= 0.3 is 12.1 Å². The van der Waals surface area contributed by atoms with E-state index >= 15 is 0 Å². The maximum atomic E-state index is 14.2. The molecular weight excluding hydrogens is 687 g/mol. The van der Waals surface area contributed by atoms with Crippen LogP contribution in [0.1, 0.15) is 42.4 Å². The maximum absolute atomic E-state index is 14.2. The van der Waals surface area contributed by atoms with Gasteiger partial charge in [-0.2, -0.15) is 4.31 Å². The molecule has 1 atom stereocenters. The summed E-state index contributed by atoms with van der Waals surface area (Å²) in [6, 6.07) is 11.9. The van der Waals surface area contributed by atoms with E-state index in [1.807, 2.05) is 55.3 Å². The second-order valence-electron chi connectivity index (χ2n) is 14.6. The molecule has 3 aromatic rings. The molecule has 5 heterocycles. The number of nitrogens with one attached hydrogen (secondary N) is 1. The molecule has 1 N–H and O–H groups in total. The summed E-state index contributed by atoms with van der Waals surface area (Å²) in [7, 11) is -1.37. The molecule has 4 aliphatic heterocycles. The van der Waals surface area contributed by atoms with Crippen LogP contribution in [-0.4, -0.2) is 149 Å². The number of benzene rings is 2. The van der Waals surface area contributed by atoms with Crippen LogP contribution in [0.5, 0.6) is 0 Å². The van der Waals surface area contributed by atoms with Crippen molar-refractivity contribution in [3.05, 3.63) is 53.1 Å². The van der Waals surface area contributed by atoms with Crippen LogP contribution >= 0.6 is 0 Å². The normalized spacial score (nSPS) is 20.8. The first-order chi connectivity index (χ1) is 24.9. The molecule has 3 fully saturated rings. The lowest BCUT2D eigenvalue weighted by atomic mass is 9.99. The van der Waals surface area contributed by atoms with Crippen LogP contribution in [-0.2, 0) is 39.4 Å². The van der Waals surface area contributed by atoms with Crippen LogP contribution in [0.4, 0.5) is 15.3 Å². The van der Waals surface area contributed by atoms with E-state index in [4.69, 9.17) is 4.74 Å². The Morgan fingerprint density at radius 2 is 1.60 bits per heavy atom. The first kappa shape index (κ1) is 36.1. The van der Waals surface area contributed by atoms with E-state index in [1.165, 1.54) is 10.6 Å². The SMILES string of the molecule is Cc1cc(C[C@@H](OC(=O)N2CCC(N3CCc4ccccc4NC3=O)CC2)C(=O)N2CCC(N3CCN(S(C)(=O)=O)CC3)CC2)cc2nnn(C)c12. The van der Waals surface area contributed by atoms with Gasteiger partial charge in [0.1, 0.15) is 5.52 Å². The first-order valence-electron chi connectivity index (χ1n) is 18.3. The average Bonchev–Trinajstić information content (AvgIpc) is 3.43. The number of carbonyl (C=O) groups is 3. The number of sulfonamides is 1. The third kappa shape index (κ3) is 7.74. The summed E-state index contributed by atoms with van der Waals surface area (Å²) < 4.78 is 33.3. The van der Waals surface area contributed by atoms with Crippen LogP contribution in [0.25, 0.3) is 11.0 Å². The van der Waals surface area contributed by atoms with Gasteiger partial charge in [0.2, 0.25) is 10.0 Å². The maximum Gasteiger partial charge on any atom is 0.410 e. The molecular formula is C36H49N9O6S. The fourth-order valence-corrected chi connectivity index (χ4v) is 9.18. The second kappa shape index (κ2) is 15.0. The average molecular weight is 736 g/mol. The molecule has 1 aromatic heterocycles. The van der Waals surface area contributed by atoms with Crippen molar-refractivity contribution in [2.45, 2.75) is 63.6 Å². The van der Waals surface area contributed by atoms with E-state index in [-0.39, 0.29) is 30.4 Å². The molecule has 15 nitrogen and oxygen atoms in total. The van der Waals surface area contributed by atoms with Crippen LogP contribution < -0.4 is 5.32 Å². The minimum Gasteiger partial charge on any atom is -0.436 e. The van der Waals surface area contributed by atoms with Crippen molar-refractivity contribution < 1.29 is 27.5 Å². The van der Waals surface area contributed by atoms with Crippen LogP contribution in [0, 0.1) is 6.92 Å². The number of aryl methyl sites for hydroxylation is 2. The molecule has 0 unspecified atom stereocenters. The number of piperazine rings is 1. The van der Waals surface area contributed by atoms with E-state index in [0.29, 0.717) is 71.7 Å². The molecule has 0 saturated carbocycles. The Labute approximate surface area is 304 Å². The van der Waals surface area contributed by atoms with E-state index in [0.717, 1.165) is 52.7 Å². The van der Waals surface area contributed by atoms with Crippen molar-refractivity contribution >= 4 is 44.8 Å². The highest BCUT2D eigenvalue weighted by molar-refractivity contribution is 7.88. The molecule has 16 heteroatoms. The number of aromatic nitrogens is 3. The smallest absolute Gasteiger partial charge is 0.410 e. The van der Waals surface area contributed by atoms with Crippen molar-refractivity contribution in [3.63, 3.8) is 0 Å². The fourth-order valence-electron chi connectivity index (χ4n) is 8.35. The van der Waals surface area contributed by atoms with Crippen molar-refractivity contribution in [2.75, 3.05) is 70.5 Å². The number of amides is 4. The zero-order valence-corrected chi connectivity index (χ0v) is 31.1. The van der Waals surface area contributed by atoms with Crippen molar-refractivity contribution in [2.24, 2.45) is 7.05 Å². The van der Waals surface area contributed by atoms with Gasteiger partial charge in [0.05, 0.1) is 11.8 Å². The summed E-state index contributed by atoms with van der Waals surface area (Å²) in [6.45, 7) is 6.77. The van der Waals surface area contributed by atoms with E-state index < -0.39 is 22.2 Å². The van der Waals surface area contributed by atoms with Crippen LogP contribution in [0.2, 0.25) is 0 Å². The second-order valence-corrected chi connectivity index (χ2v) is 16.6. The third-order valence-electron chi connectivity index (χ3n) is 11.2. The van der Waals surface area contributed by atoms with Gasteiger partial charge < -0.3 is 24.8 Å². The molecule has 7 rings (SSSR count). The molecule has 4 amide bonds. The summed E-state index contributed by atoms with van der Waals surface area (Å²) in [6.07, 6.45) is 3.42. The van der Waals surface area contributed by atoms with Crippen LogP contribution in [0.15, 0.2) is 36.4 Å². The number of likely N-dealkylation sites (tertiary alicyclic amines) is 2. The monoisotopic (exact) mass is 735 g/mol. The minimum absolute atomic E-state index is 0.00637. The Balaban J connectivity index is 0.996. The highest BCUT2D eigenvalue weighted by Crippen LogP contribution is 2.27. The summed E-state index contributed by atoms with van der Waals surface area (Å²) in [4.78, 5) is 48.7. The number of piperidine rings is 2. The van der Waals surface area contributed by atoms with Gasteiger partial charge in [-0.1, -0.05) is 29.5 Å². The Hall–Kier alpha value is -4.28. The highest BCUT2D eigenvalue weighted by atomic mass is 32.2. The lowest BCUT2D eigenvalue weighted by molar-refractivity contribution is -0.142. The Bertz CT molecular complexity index is 1910. The van der Waals surface area contributed by atoms with Gasteiger partial charge in [-0.25, -0.2) is 22.7 Å². The molecule has 0 aliphatic carbocycles. The largest absolute Gasteiger partial charge is 0.436 e. The van der Waals surface area contributed by atoms with Gasteiger partial charge in [-0.3, -0.25) is 9.69 Å². The summed E-state index contributed by atoms with van der Waals surface area (Å²) >= 11 is 0. The number of carbonyl (C=O) groups excluding carboxylic acids is 3. The molecule has 280 valence electrons. The van der Waals surface area contributed by atoms with Crippen LogP contribution in [0.3, 0.4) is 0 Å². The first-order valence-corrected chi connectivity index (χ1v) is 20.2.